The molecule has 4 rings (SSSR count). The highest BCUT2D eigenvalue weighted by atomic mass is 16.5. The summed E-state index contributed by atoms with van der Waals surface area (Å²) in [6.07, 6.45) is 1.69. The second kappa shape index (κ2) is 12.2. The van der Waals surface area contributed by atoms with Crippen LogP contribution < -0.4 is 24.8 Å². The van der Waals surface area contributed by atoms with E-state index in [1.54, 1.807) is 55.8 Å². The molecule has 0 bridgehead atoms. The molecule has 1 aromatic heterocycles. The molecule has 8 heteroatoms. The lowest BCUT2D eigenvalue weighted by Gasteiger charge is -2.19. The minimum absolute atomic E-state index is 0.232. The van der Waals surface area contributed by atoms with E-state index in [1.165, 1.54) is 7.11 Å². The third kappa shape index (κ3) is 6.64. The molecule has 37 heavy (non-hydrogen) atoms. The molecule has 1 unspecified atom stereocenters. The number of rotatable bonds is 10. The number of aromatic nitrogens is 1. The fraction of sp³-hybridized carbons (Fsp3) is 0.138. The van der Waals surface area contributed by atoms with Gasteiger partial charge in [-0.15, -0.1) is 0 Å². The summed E-state index contributed by atoms with van der Waals surface area (Å²) < 4.78 is 16.2. The zero-order chi connectivity index (χ0) is 26.0. The summed E-state index contributed by atoms with van der Waals surface area (Å²) in [5.41, 5.74) is 2.62. The van der Waals surface area contributed by atoms with Crippen molar-refractivity contribution in [3.8, 4) is 17.2 Å². The van der Waals surface area contributed by atoms with Gasteiger partial charge in [0.2, 0.25) is 0 Å². The summed E-state index contributed by atoms with van der Waals surface area (Å²) in [5.74, 6) is 0.724. The van der Waals surface area contributed by atoms with Crippen LogP contribution in [-0.4, -0.2) is 37.6 Å². The van der Waals surface area contributed by atoms with Crippen LogP contribution in [0, 0.1) is 0 Å². The van der Waals surface area contributed by atoms with Crippen molar-refractivity contribution in [3.63, 3.8) is 0 Å². The minimum Gasteiger partial charge on any atom is -0.497 e. The number of pyridine rings is 1. The Kier molecular flexibility index (Phi) is 8.33. The summed E-state index contributed by atoms with van der Waals surface area (Å²) in [6.45, 7) is -0.232. The van der Waals surface area contributed by atoms with Gasteiger partial charge in [0.1, 0.15) is 5.75 Å². The Balaban J connectivity index is 1.43. The van der Waals surface area contributed by atoms with Crippen LogP contribution in [0.1, 0.15) is 27.7 Å². The number of carbonyl (C=O) groups excluding carboxylic acids is 2. The van der Waals surface area contributed by atoms with Crippen molar-refractivity contribution in [2.24, 2.45) is 0 Å². The zero-order valence-electron chi connectivity index (χ0n) is 20.5. The molecule has 1 atom stereocenters. The lowest BCUT2D eigenvalue weighted by molar-refractivity contribution is -0.118. The molecule has 2 N–H and O–H groups in total. The van der Waals surface area contributed by atoms with E-state index in [2.05, 4.69) is 15.6 Å². The van der Waals surface area contributed by atoms with Gasteiger partial charge in [0, 0.05) is 17.4 Å². The number of anilines is 1. The molecule has 0 aliphatic carbocycles. The maximum atomic E-state index is 13.2. The summed E-state index contributed by atoms with van der Waals surface area (Å²) in [5, 5.41) is 5.80. The molecule has 0 aliphatic rings. The largest absolute Gasteiger partial charge is 0.497 e. The number of hydrogen-bond acceptors (Lipinski definition) is 6. The van der Waals surface area contributed by atoms with E-state index in [0.29, 0.717) is 28.5 Å². The van der Waals surface area contributed by atoms with Crippen LogP contribution in [0.15, 0.2) is 97.2 Å². The Hall–Kier alpha value is -4.85. The first kappa shape index (κ1) is 25.2. The van der Waals surface area contributed by atoms with Gasteiger partial charge in [-0.05, 0) is 60.2 Å². The summed E-state index contributed by atoms with van der Waals surface area (Å²) in [4.78, 5) is 29.9. The monoisotopic (exact) mass is 497 g/mol. The van der Waals surface area contributed by atoms with Gasteiger partial charge in [0.15, 0.2) is 18.1 Å². The molecule has 0 aliphatic heterocycles. The van der Waals surface area contributed by atoms with Gasteiger partial charge in [-0.3, -0.25) is 14.6 Å². The van der Waals surface area contributed by atoms with Gasteiger partial charge >= 0.3 is 0 Å². The predicted molar refractivity (Wildman–Crippen MR) is 140 cm³/mol. The standard InChI is InChI=1S/C29H27N3O5/c1-35-23-14-12-22(13-15-23)31-27(33)19-37-25-16-11-21(18-26(25)36-2)29(34)32-28(20-8-4-3-5-9-20)24-10-6-7-17-30-24/h3-18,28H,19H2,1-2H3,(H,31,33)(H,32,34). The fourth-order valence-electron chi connectivity index (χ4n) is 3.68. The van der Waals surface area contributed by atoms with Crippen LogP contribution in [0.2, 0.25) is 0 Å². The molecule has 0 saturated carbocycles. The van der Waals surface area contributed by atoms with Crippen molar-refractivity contribution in [2.75, 3.05) is 26.1 Å². The van der Waals surface area contributed by atoms with Crippen molar-refractivity contribution in [2.45, 2.75) is 6.04 Å². The molecular formula is C29H27N3O5. The van der Waals surface area contributed by atoms with Gasteiger partial charge in [-0.1, -0.05) is 36.4 Å². The first-order valence-corrected chi connectivity index (χ1v) is 11.6. The van der Waals surface area contributed by atoms with Gasteiger partial charge in [-0.2, -0.15) is 0 Å². The molecule has 3 aromatic carbocycles. The summed E-state index contributed by atoms with van der Waals surface area (Å²) >= 11 is 0. The Morgan fingerprint density at radius 1 is 0.838 bits per heavy atom. The van der Waals surface area contributed by atoms with Crippen molar-refractivity contribution in [1.29, 1.82) is 0 Å². The maximum absolute atomic E-state index is 13.2. The number of methoxy groups -OCH3 is 2. The van der Waals surface area contributed by atoms with E-state index >= 15 is 0 Å². The Morgan fingerprint density at radius 3 is 2.27 bits per heavy atom. The molecule has 0 fully saturated rings. The molecule has 4 aromatic rings. The van der Waals surface area contributed by atoms with E-state index in [1.807, 2.05) is 48.5 Å². The van der Waals surface area contributed by atoms with Gasteiger partial charge in [0.05, 0.1) is 26.0 Å². The van der Waals surface area contributed by atoms with Gasteiger partial charge in [0.25, 0.3) is 11.8 Å². The number of nitrogens with one attached hydrogen (secondary N) is 2. The van der Waals surface area contributed by atoms with Crippen LogP contribution >= 0.6 is 0 Å². The maximum Gasteiger partial charge on any atom is 0.262 e. The lowest BCUT2D eigenvalue weighted by atomic mass is 10.0. The molecule has 1 heterocycles. The number of hydrogen-bond donors (Lipinski definition) is 2. The molecule has 2 amide bonds. The van der Waals surface area contributed by atoms with Crippen LogP contribution in [0.5, 0.6) is 17.2 Å². The lowest BCUT2D eigenvalue weighted by Crippen LogP contribution is -2.30. The fourth-order valence-corrected chi connectivity index (χ4v) is 3.68. The Bertz CT molecular complexity index is 1290. The second-order valence-corrected chi connectivity index (χ2v) is 8.00. The highest BCUT2D eigenvalue weighted by Crippen LogP contribution is 2.29. The average Bonchev–Trinajstić information content (AvgIpc) is 2.96. The molecule has 188 valence electrons. The minimum atomic E-state index is -0.432. The molecule has 0 saturated heterocycles. The van der Waals surface area contributed by atoms with Crippen LogP contribution in [-0.2, 0) is 4.79 Å². The zero-order valence-corrected chi connectivity index (χ0v) is 20.5. The third-order valence-electron chi connectivity index (χ3n) is 5.55. The molecule has 0 spiro atoms. The van der Waals surface area contributed by atoms with Crippen LogP contribution in [0.3, 0.4) is 0 Å². The van der Waals surface area contributed by atoms with E-state index < -0.39 is 6.04 Å². The first-order chi connectivity index (χ1) is 18.1. The van der Waals surface area contributed by atoms with Gasteiger partial charge in [-0.25, -0.2) is 0 Å². The molecule has 0 radical (unpaired) electrons. The Morgan fingerprint density at radius 2 is 1.59 bits per heavy atom. The third-order valence-corrected chi connectivity index (χ3v) is 5.55. The van der Waals surface area contributed by atoms with E-state index in [0.717, 1.165) is 11.3 Å². The van der Waals surface area contributed by atoms with E-state index in [4.69, 9.17) is 14.2 Å². The summed E-state index contributed by atoms with van der Waals surface area (Å²) in [7, 11) is 3.05. The number of benzene rings is 3. The quantitative estimate of drug-likeness (QED) is 0.331. The number of nitrogens with zero attached hydrogens (tertiary/aromatic N) is 1. The average molecular weight is 498 g/mol. The SMILES string of the molecule is COc1ccc(NC(=O)COc2ccc(C(=O)NC(c3ccccc3)c3ccccn3)cc2OC)cc1. The van der Waals surface area contributed by atoms with Crippen molar-refractivity contribution >= 4 is 17.5 Å². The normalized spacial score (nSPS) is 11.2. The van der Waals surface area contributed by atoms with Crippen molar-refractivity contribution in [3.05, 3.63) is 114 Å². The van der Waals surface area contributed by atoms with Crippen LogP contribution in [0.25, 0.3) is 0 Å². The predicted octanol–water partition coefficient (Wildman–Crippen LogP) is 4.64. The van der Waals surface area contributed by atoms with E-state index in [9.17, 15) is 9.59 Å². The topological polar surface area (TPSA) is 98.8 Å². The number of ether oxygens (including phenoxy) is 3. The molecular weight excluding hydrogens is 470 g/mol. The first-order valence-electron chi connectivity index (χ1n) is 11.6. The van der Waals surface area contributed by atoms with Gasteiger partial charge < -0.3 is 24.8 Å². The molecule has 8 nitrogen and oxygen atoms in total. The van der Waals surface area contributed by atoms with E-state index in [-0.39, 0.29) is 18.4 Å². The van der Waals surface area contributed by atoms with Crippen LogP contribution in [0.4, 0.5) is 5.69 Å². The second-order valence-electron chi connectivity index (χ2n) is 8.00. The smallest absolute Gasteiger partial charge is 0.262 e. The Labute approximate surface area is 215 Å². The summed E-state index contributed by atoms with van der Waals surface area (Å²) in [6, 6.07) is 26.5. The van der Waals surface area contributed by atoms with Crippen molar-refractivity contribution < 1.29 is 23.8 Å². The van der Waals surface area contributed by atoms with Crippen molar-refractivity contribution in [1.82, 2.24) is 10.3 Å². The highest BCUT2D eigenvalue weighted by Gasteiger charge is 2.20. The highest BCUT2D eigenvalue weighted by molar-refractivity contribution is 5.95. The number of carbonyl (C=O) groups is 2. The number of amides is 2.